The van der Waals surface area contributed by atoms with E-state index in [-0.39, 0.29) is 11.7 Å². The molecule has 3 rings (SSSR count). The highest BCUT2D eigenvalue weighted by Gasteiger charge is 2.31. The Balaban J connectivity index is 1.66. The van der Waals surface area contributed by atoms with E-state index in [0.717, 1.165) is 23.1 Å². The Labute approximate surface area is 139 Å². The number of carboxylic acids is 1. The second kappa shape index (κ2) is 7.04. The van der Waals surface area contributed by atoms with E-state index in [0.29, 0.717) is 13.0 Å². The summed E-state index contributed by atoms with van der Waals surface area (Å²) in [6.07, 6.45) is 2.32. The van der Waals surface area contributed by atoms with Gasteiger partial charge in [-0.1, -0.05) is 30.3 Å². The Morgan fingerprint density at radius 3 is 2.70 bits per heavy atom. The van der Waals surface area contributed by atoms with Crippen LogP contribution in [-0.4, -0.2) is 40.2 Å². The van der Waals surface area contributed by atoms with Crippen LogP contribution in [0.5, 0.6) is 0 Å². The van der Waals surface area contributed by atoms with Gasteiger partial charge in [0.2, 0.25) is 5.91 Å². The summed E-state index contributed by atoms with van der Waals surface area (Å²) in [6.45, 7) is 0.550. The average molecular weight is 329 g/mol. The first-order valence-electron chi connectivity index (χ1n) is 7.79. The second-order valence-corrected chi connectivity index (χ2v) is 6.78. The molecule has 120 valence electrons. The molecule has 4 nitrogen and oxygen atoms in total. The summed E-state index contributed by atoms with van der Waals surface area (Å²) >= 11 is 1.47. The van der Waals surface area contributed by atoms with Gasteiger partial charge in [-0.25, -0.2) is 4.79 Å². The Bertz CT molecular complexity index is 731. The summed E-state index contributed by atoms with van der Waals surface area (Å²) in [6, 6.07) is 13.6. The highest BCUT2D eigenvalue weighted by molar-refractivity contribution is 8.00. The predicted octanol–water partition coefficient (Wildman–Crippen LogP) is 3.40. The summed E-state index contributed by atoms with van der Waals surface area (Å²) in [7, 11) is 0. The maximum Gasteiger partial charge on any atom is 0.326 e. The van der Waals surface area contributed by atoms with Crippen molar-refractivity contribution in [2.45, 2.75) is 30.2 Å². The lowest BCUT2D eigenvalue weighted by Crippen LogP contribution is -2.48. The number of fused-ring (bicyclic) bond motifs is 1. The number of carbonyl (C=O) groups is 2. The van der Waals surface area contributed by atoms with Crippen LogP contribution < -0.4 is 0 Å². The number of thioether (sulfide) groups is 1. The van der Waals surface area contributed by atoms with Crippen molar-refractivity contribution in [2.75, 3.05) is 12.3 Å². The van der Waals surface area contributed by atoms with Crippen LogP contribution in [0.2, 0.25) is 0 Å². The average Bonchev–Trinajstić information content (AvgIpc) is 2.59. The zero-order chi connectivity index (χ0) is 16.2. The minimum Gasteiger partial charge on any atom is -0.480 e. The third kappa shape index (κ3) is 3.67. The molecule has 1 atom stereocenters. The molecule has 1 aliphatic rings. The molecule has 2 aromatic carbocycles. The fraction of sp³-hybridized carbons (Fsp3) is 0.333. The number of hydrogen-bond acceptors (Lipinski definition) is 3. The van der Waals surface area contributed by atoms with Crippen LogP contribution in [0.15, 0.2) is 47.4 Å². The minimum atomic E-state index is -0.895. The fourth-order valence-corrected chi connectivity index (χ4v) is 3.80. The second-order valence-electron chi connectivity index (χ2n) is 5.73. The van der Waals surface area contributed by atoms with Gasteiger partial charge in [-0.05, 0) is 42.2 Å². The highest BCUT2D eigenvalue weighted by atomic mass is 32.2. The predicted molar refractivity (Wildman–Crippen MR) is 91.7 cm³/mol. The molecule has 0 radical (unpaired) electrons. The first kappa shape index (κ1) is 15.9. The number of hydrogen-bond donors (Lipinski definition) is 1. The maximum absolute atomic E-state index is 12.4. The Morgan fingerprint density at radius 1 is 1.13 bits per heavy atom. The monoisotopic (exact) mass is 329 g/mol. The quantitative estimate of drug-likeness (QED) is 0.874. The molecule has 0 saturated carbocycles. The van der Waals surface area contributed by atoms with Crippen LogP contribution >= 0.6 is 11.8 Å². The molecule has 0 bridgehead atoms. The molecular formula is C18H19NO3S. The molecule has 1 amide bonds. The molecule has 2 aromatic rings. The van der Waals surface area contributed by atoms with Gasteiger partial charge in [0.05, 0.1) is 5.75 Å². The van der Waals surface area contributed by atoms with Crippen molar-refractivity contribution in [2.24, 2.45) is 0 Å². The molecule has 0 aliphatic carbocycles. The van der Waals surface area contributed by atoms with Crippen LogP contribution in [0, 0.1) is 0 Å². The van der Waals surface area contributed by atoms with Gasteiger partial charge in [0.1, 0.15) is 6.04 Å². The number of likely N-dealkylation sites (tertiary alicyclic amines) is 1. The molecule has 0 aromatic heterocycles. The molecule has 1 fully saturated rings. The summed E-state index contributed by atoms with van der Waals surface area (Å²) in [5.41, 5.74) is 0. The number of piperidine rings is 1. The van der Waals surface area contributed by atoms with E-state index in [1.54, 1.807) is 0 Å². The lowest BCUT2D eigenvalue weighted by molar-refractivity contribution is -0.150. The van der Waals surface area contributed by atoms with Gasteiger partial charge in [-0.3, -0.25) is 4.79 Å². The SMILES string of the molecule is O=C(O)[C@H]1CCCCN1C(=O)CSc1ccc2ccccc2c1. The highest BCUT2D eigenvalue weighted by Crippen LogP contribution is 2.25. The normalized spacial score (nSPS) is 18.1. The fourth-order valence-electron chi connectivity index (χ4n) is 2.97. The van der Waals surface area contributed by atoms with Crippen LogP contribution in [-0.2, 0) is 9.59 Å². The molecule has 5 heteroatoms. The van der Waals surface area contributed by atoms with Crippen molar-refractivity contribution in [3.05, 3.63) is 42.5 Å². The standard InChI is InChI=1S/C18H19NO3S/c20-17(19-10-4-3-7-16(19)18(21)22)12-23-15-9-8-13-5-1-2-6-14(13)11-15/h1-2,5-6,8-9,11,16H,3-4,7,10,12H2,(H,21,22)/t16-/m1/s1. The van der Waals surface area contributed by atoms with Gasteiger partial charge in [-0.15, -0.1) is 11.8 Å². The smallest absolute Gasteiger partial charge is 0.326 e. The van der Waals surface area contributed by atoms with E-state index < -0.39 is 12.0 Å². The van der Waals surface area contributed by atoms with Crippen molar-refractivity contribution in [3.8, 4) is 0 Å². The van der Waals surface area contributed by atoms with Gasteiger partial charge in [-0.2, -0.15) is 0 Å². The molecule has 0 spiro atoms. The number of aliphatic carboxylic acids is 1. The van der Waals surface area contributed by atoms with E-state index in [1.807, 2.05) is 30.3 Å². The van der Waals surface area contributed by atoms with E-state index >= 15 is 0 Å². The van der Waals surface area contributed by atoms with Crippen molar-refractivity contribution < 1.29 is 14.7 Å². The van der Waals surface area contributed by atoms with E-state index in [2.05, 4.69) is 12.1 Å². The molecule has 1 N–H and O–H groups in total. The van der Waals surface area contributed by atoms with Crippen LogP contribution in [0.3, 0.4) is 0 Å². The molecule has 0 unspecified atom stereocenters. The molecule has 1 saturated heterocycles. The third-order valence-corrected chi connectivity index (χ3v) is 5.17. The number of benzene rings is 2. The zero-order valence-electron chi connectivity index (χ0n) is 12.8. The summed E-state index contributed by atoms with van der Waals surface area (Å²) in [5, 5.41) is 11.6. The molecular weight excluding hydrogens is 310 g/mol. The Morgan fingerprint density at radius 2 is 1.91 bits per heavy atom. The molecule has 1 heterocycles. The van der Waals surface area contributed by atoms with Crippen LogP contribution in [0.4, 0.5) is 0 Å². The van der Waals surface area contributed by atoms with E-state index in [1.165, 1.54) is 22.0 Å². The maximum atomic E-state index is 12.4. The largest absolute Gasteiger partial charge is 0.480 e. The summed E-state index contributed by atoms with van der Waals surface area (Å²) in [5.74, 6) is -0.703. The van der Waals surface area contributed by atoms with Crippen LogP contribution in [0.1, 0.15) is 19.3 Å². The first-order valence-corrected chi connectivity index (χ1v) is 8.77. The Hall–Kier alpha value is -2.01. The van der Waals surface area contributed by atoms with Gasteiger partial charge >= 0.3 is 5.97 Å². The number of rotatable bonds is 4. The van der Waals surface area contributed by atoms with Gasteiger partial charge < -0.3 is 10.0 Å². The minimum absolute atomic E-state index is 0.0877. The van der Waals surface area contributed by atoms with Crippen molar-refractivity contribution in [3.63, 3.8) is 0 Å². The van der Waals surface area contributed by atoms with E-state index in [9.17, 15) is 14.7 Å². The molecule has 1 aliphatic heterocycles. The van der Waals surface area contributed by atoms with Crippen molar-refractivity contribution in [1.29, 1.82) is 0 Å². The number of nitrogens with zero attached hydrogens (tertiary/aromatic N) is 1. The van der Waals surface area contributed by atoms with Gasteiger partial charge in [0, 0.05) is 11.4 Å². The Kier molecular flexibility index (Phi) is 4.86. The number of carboxylic acid groups (broad SMARTS) is 1. The first-order chi connectivity index (χ1) is 11.1. The molecule has 23 heavy (non-hydrogen) atoms. The van der Waals surface area contributed by atoms with Gasteiger partial charge in [0.25, 0.3) is 0 Å². The van der Waals surface area contributed by atoms with Crippen molar-refractivity contribution in [1.82, 2.24) is 4.90 Å². The lowest BCUT2D eigenvalue weighted by atomic mass is 10.0. The third-order valence-electron chi connectivity index (χ3n) is 4.19. The summed E-state index contributed by atoms with van der Waals surface area (Å²) in [4.78, 5) is 26.2. The van der Waals surface area contributed by atoms with Crippen molar-refractivity contribution >= 4 is 34.4 Å². The van der Waals surface area contributed by atoms with E-state index in [4.69, 9.17) is 0 Å². The van der Waals surface area contributed by atoms with Gasteiger partial charge in [0.15, 0.2) is 0 Å². The van der Waals surface area contributed by atoms with Crippen LogP contribution in [0.25, 0.3) is 10.8 Å². The lowest BCUT2D eigenvalue weighted by Gasteiger charge is -2.32. The zero-order valence-corrected chi connectivity index (χ0v) is 13.6. The summed E-state index contributed by atoms with van der Waals surface area (Å²) < 4.78 is 0. The number of carbonyl (C=O) groups excluding carboxylic acids is 1. The topological polar surface area (TPSA) is 57.6 Å². The number of amides is 1.